The molecule has 1 saturated heterocycles. The largest absolute Gasteiger partial charge is 0.369 e. The van der Waals surface area contributed by atoms with E-state index >= 15 is 0 Å². The van der Waals surface area contributed by atoms with Crippen molar-refractivity contribution in [2.24, 2.45) is 0 Å². The number of carbonyl (C=O) groups excluding carboxylic acids is 1. The number of hydrogen-bond donors (Lipinski definition) is 0. The van der Waals surface area contributed by atoms with E-state index in [1.54, 1.807) is 4.90 Å². The predicted octanol–water partition coefficient (Wildman–Crippen LogP) is 0.776. The van der Waals surface area contributed by atoms with Crippen molar-refractivity contribution in [3.63, 3.8) is 0 Å². The first-order valence-corrected chi connectivity index (χ1v) is 4.90. The van der Waals surface area contributed by atoms with Crippen LogP contribution in [0.25, 0.3) is 0 Å². The van der Waals surface area contributed by atoms with Crippen molar-refractivity contribution >= 4 is 5.91 Å². The summed E-state index contributed by atoms with van der Waals surface area (Å²) in [5.74, 6) is -0.123. The minimum atomic E-state index is -1.09. The molecule has 2 fully saturated rings. The minimum absolute atomic E-state index is 0.123. The lowest BCUT2D eigenvalue weighted by Crippen LogP contribution is -2.49. The summed E-state index contributed by atoms with van der Waals surface area (Å²) in [7, 11) is 1.83. The lowest BCUT2D eigenvalue weighted by atomic mass is 10.2. The molecule has 0 radical (unpaired) electrons. The van der Waals surface area contributed by atoms with Gasteiger partial charge in [0.1, 0.15) is 5.67 Å². The molecule has 1 aliphatic heterocycles. The standard InChI is InChI=1S/C10H15FN2O/c1-8-9(14)13(6-5-12(8)2)7-10(11)3-4-10/h1,3-7H2,2H3. The second kappa shape index (κ2) is 2.97. The fourth-order valence-electron chi connectivity index (χ4n) is 1.64. The summed E-state index contributed by atoms with van der Waals surface area (Å²) in [6.07, 6.45) is 1.19. The number of nitrogens with zero attached hydrogens (tertiary/aromatic N) is 2. The summed E-state index contributed by atoms with van der Waals surface area (Å²) in [5.41, 5.74) is -0.619. The number of rotatable bonds is 2. The van der Waals surface area contributed by atoms with Crippen molar-refractivity contribution in [2.75, 3.05) is 26.7 Å². The van der Waals surface area contributed by atoms with E-state index < -0.39 is 5.67 Å². The summed E-state index contributed by atoms with van der Waals surface area (Å²) in [5, 5.41) is 0. The van der Waals surface area contributed by atoms with Gasteiger partial charge in [0.25, 0.3) is 5.91 Å². The highest BCUT2D eigenvalue weighted by molar-refractivity contribution is 5.93. The number of likely N-dealkylation sites (N-methyl/N-ethyl adjacent to an activating group) is 1. The Morgan fingerprint density at radius 1 is 1.50 bits per heavy atom. The highest BCUT2D eigenvalue weighted by Gasteiger charge is 2.46. The molecule has 0 atom stereocenters. The second-order valence-corrected chi connectivity index (χ2v) is 4.25. The van der Waals surface area contributed by atoms with Gasteiger partial charge in [-0.15, -0.1) is 0 Å². The van der Waals surface area contributed by atoms with E-state index in [1.165, 1.54) is 0 Å². The first-order valence-electron chi connectivity index (χ1n) is 4.90. The highest BCUT2D eigenvalue weighted by atomic mass is 19.1. The molecule has 0 aromatic carbocycles. The van der Waals surface area contributed by atoms with E-state index in [9.17, 15) is 9.18 Å². The summed E-state index contributed by atoms with van der Waals surface area (Å²) in [6, 6.07) is 0. The van der Waals surface area contributed by atoms with Crippen molar-refractivity contribution < 1.29 is 9.18 Å². The summed E-state index contributed by atoms with van der Waals surface area (Å²) in [4.78, 5) is 15.1. The van der Waals surface area contributed by atoms with Crippen LogP contribution in [-0.2, 0) is 4.79 Å². The number of hydrogen-bond acceptors (Lipinski definition) is 2. The van der Waals surface area contributed by atoms with E-state index in [4.69, 9.17) is 0 Å². The predicted molar refractivity (Wildman–Crippen MR) is 51.4 cm³/mol. The maximum atomic E-state index is 13.4. The number of alkyl halides is 1. The SMILES string of the molecule is C=C1C(=O)N(CC2(F)CC2)CCN1C. The minimum Gasteiger partial charge on any atom is -0.369 e. The van der Waals surface area contributed by atoms with Gasteiger partial charge in [-0.2, -0.15) is 0 Å². The molecule has 0 spiro atoms. The fourth-order valence-corrected chi connectivity index (χ4v) is 1.64. The average Bonchev–Trinajstić information content (AvgIpc) is 2.86. The molecular formula is C10H15FN2O. The van der Waals surface area contributed by atoms with Crippen LogP contribution in [0.1, 0.15) is 12.8 Å². The van der Waals surface area contributed by atoms with E-state index in [0.717, 1.165) is 6.54 Å². The molecule has 0 aromatic rings. The molecule has 0 bridgehead atoms. The van der Waals surface area contributed by atoms with Gasteiger partial charge in [0.05, 0.1) is 12.2 Å². The van der Waals surface area contributed by atoms with Gasteiger partial charge in [-0.25, -0.2) is 4.39 Å². The molecule has 0 unspecified atom stereocenters. The zero-order valence-electron chi connectivity index (χ0n) is 8.42. The Morgan fingerprint density at radius 2 is 2.14 bits per heavy atom. The third-order valence-corrected chi connectivity index (χ3v) is 2.97. The van der Waals surface area contributed by atoms with Crippen molar-refractivity contribution in [3.05, 3.63) is 12.3 Å². The van der Waals surface area contributed by atoms with Crippen molar-refractivity contribution in [3.8, 4) is 0 Å². The zero-order valence-corrected chi connectivity index (χ0v) is 8.42. The van der Waals surface area contributed by atoms with Crippen LogP contribution < -0.4 is 0 Å². The second-order valence-electron chi connectivity index (χ2n) is 4.25. The van der Waals surface area contributed by atoms with Gasteiger partial charge >= 0.3 is 0 Å². The number of halogens is 1. The van der Waals surface area contributed by atoms with Crippen molar-refractivity contribution in [1.82, 2.24) is 9.80 Å². The van der Waals surface area contributed by atoms with Crippen molar-refractivity contribution in [1.29, 1.82) is 0 Å². The molecule has 1 heterocycles. The fraction of sp³-hybridized carbons (Fsp3) is 0.700. The third kappa shape index (κ3) is 1.61. The Hall–Kier alpha value is -1.06. The lowest BCUT2D eigenvalue weighted by molar-refractivity contribution is -0.132. The van der Waals surface area contributed by atoms with E-state index in [-0.39, 0.29) is 12.5 Å². The molecule has 2 rings (SSSR count). The van der Waals surface area contributed by atoms with Crippen LogP contribution in [0.5, 0.6) is 0 Å². The van der Waals surface area contributed by atoms with Crippen LogP contribution in [0.2, 0.25) is 0 Å². The molecule has 1 aliphatic carbocycles. The van der Waals surface area contributed by atoms with Gasteiger partial charge in [0.2, 0.25) is 0 Å². The van der Waals surface area contributed by atoms with E-state index in [1.807, 2.05) is 11.9 Å². The quantitative estimate of drug-likeness (QED) is 0.612. The van der Waals surface area contributed by atoms with Crippen LogP contribution in [0, 0.1) is 0 Å². The lowest BCUT2D eigenvalue weighted by Gasteiger charge is -2.35. The Balaban J connectivity index is 1.99. The molecule has 4 heteroatoms. The maximum Gasteiger partial charge on any atom is 0.269 e. The normalized spacial score (nSPS) is 25.6. The average molecular weight is 198 g/mol. The summed E-state index contributed by atoms with van der Waals surface area (Å²) < 4.78 is 13.4. The van der Waals surface area contributed by atoms with Gasteiger partial charge in [-0.3, -0.25) is 4.79 Å². The Morgan fingerprint density at radius 3 is 2.71 bits per heavy atom. The molecule has 3 nitrogen and oxygen atoms in total. The maximum absolute atomic E-state index is 13.4. The number of carbonyl (C=O) groups is 1. The van der Waals surface area contributed by atoms with Crippen LogP contribution in [0.4, 0.5) is 4.39 Å². The monoisotopic (exact) mass is 198 g/mol. The molecule has 0 aromatic heterocycles. The summed E-state index contributed by atoms with van der Waals surface area (Å²) in [6.45, 7) is 5.30. The van der Waals surface area contributed by atoms with Gasteiger partial charge in [0.15, 0.2) is 0 Å². The van der Waals surface area contributed by atoms with Gasteiger partial charge in [-0.05, 0) is 12.8 Å². The van der Waals surface area contributed by atoms with Crippen LogP contribution in [-0.4, -0.2) is 48.1 Å². The van der Waals surface area contributed by atoms with Gasteiger partial charge in [-0.1, -0.05) is 6.58 Å². The first kappa shape index (κ1) is 9.49. The molecule has 1 saturated carbocycles. The number of amides is 1. The van der Waals surface area contributed by atoms with Crippen LogP contribution in [0.3, 0.4) is 0 Å². The molecule has 2 aliphatic rings. The topological polar surface area (TPSA) is 23.6 Å². The van der Waals surface area contributed by atoms with E-state index in [2.05, 4.69) is 6.58 Å². The van der Waals surface area contributed by atoms with Crippen LogP contribution >= 0.6 is 0 Å². The van der Waals surface area contributed by atoms with Crippen LogP contribution in [0.15, 0.2) is 12.3 Å². The smallest absolute Gasteiger partial charge is 0.269 e. The van der Waals surface area contributed by atoms with E-state index in [0.29, 0.717) is 25.1 Å². The Kier molecular flexibility index (Phi) is 2.01. The van der Waals surface area contributed by atoms with Gasteiger partial charge in [0, 0.05) is 20.1 Å². The molecule has 14 heavy (non-hydrogen) atoms. The molecule has 1 amide bonds. The summed E-state index contributed by atoms with van der Waals surface area (Å²) >= 11 is 0. The Bertz CT molecular complexity index is 286. The Labute approximate surface area is 83.2 Å². The molecule has 78 valence electrons. The molecule has 0 N–H and O–H groups in total. The van der Waals surface area contributed by atoms with Crippen molar-refractivity contribution in [2.45, 2.75) is 18.5 Å². The number of piperazine rings is 1. The zero-order chi connectivity index (χ0) is 10.3. The first-order chi connectivity index (χ1) is 6.52. The highest BCUT2D eigenvalue weighted by Crippen LogP contribution is 2.40. The molecular weight excluding hydrogens is 183 g/mol. The van der Waals surface area contributed by atoms with Gasteiger partial charge < -0.3 is 9.80 Å². The third-order valence-electron chi connectivity index (χ3n) is 2.97.